The van der Waals surface area contributed by atoms with Crippen molar-refractivity contribution >= 4 is 23.2 Å². The number of nitrogens with zero attached hydrogens (tertiary/aromatic N) is 1. The number of primary amides is 1. The number of ketones is 2. The highest BCUT2D eigenvalue weighted by atomic mass is 16.3. The maximum atomic E-state index is 13.6. The molecule has 3 aliphatic carbocycles. The summed E-state index contributed by atoms with van der Waals surface area (Å²) in [5.41, 5.74) is 4.68. The Morgan fingerprint density at radius 3 is 2.47 bits per heavy atom. The molecule has 2 unspecified atom stereocenters. The zero-order valence-corrected chi connectivity index (χ0v) is 18.3. The highest BCUT2D eigenvalue weighted by Crippen LogP contribution is 2.52. The molecule has 172 valence electrons. The van der Waals surface area contributed by atoms with E-state index in [4.69, 9.17) is 5.73 Å². The summed E-state index contributed by atoms with van der Waals surface area (Å²) in [7, 11) is 3.66. The lowest BCUT2D eigenvalue weighted by molar-refractivity contribution is -0.167. The predicted octanol–water partition coefficient (Wildman–Crippen LogP) is 0.374. The zero-order valence-electron chi connectivity index (χ0n) is 18.3. The van der Waals surface area contributed by atoms with Gasteiger partial charge in [0.2, 0.25) is 5.91 Å². The number of aryl methyl sites for hydroxylation is 1. The smallest absolute Gasteiger partial charge is 0.230 e. The second-order valence-corrected chi connectivity index (χ2v) is 9.24. The lowest BCUT2D eigenvalue weighted by Gasteiger charge is -2.48. The van der Waals surface area contributed by atoms with E-state index in [-0.39, 0.29) is 29.7 Å². The molecule has 0 saturated heterocycles. The Morgan fingerprint density at radius 2 is 1.91 bits per heavy atom. The van der Waals surface area contributed by atoms with Gasteiger partial charge in [0.25, 0.3) is 0 Å². The Morgan fingerprint density at radius 1 is 1.25 bits per heavy atom. The van der Waals surface area contributed by atoms with Crippen LogP contribution in [0.15, 0.2) is 17.4 Å². The lowest BCUT2D eigenvalue weighted by atomic mass is 9.57. The number of Topliss-reactive ketones (excluding diaryl/α,β-unsaturated/α-hetero) is 2. The molecule has 4 rings (SSSR count). The number of aromatic hydroxyl groups is 1. The van der Waals surface area contributed by atoms with Gasteiger partial charge in [0.1, 0.15) is 17.4 Å². The third kappa shape index (κ3) is 2.80. The average Bonchev–Trinajstić information content (AvgIpc) is 2.70. The van der Waals surface area contributed by atoms with Crippen LogP contribution in [-0.4, -0.2) is 63.7 Å². The molecule has 5 atom stereocenters. The first-order valence-corrected chi connectivity index (χ1v) is 10.7. The molecule has 1 amide bonds. The first-order chi connectivity index (χ1) is 14.9. The molecule has 9 nitrogen and oxygen atoms in total. The number of hydrogen-bond acceptors (Lipinski definition) is 8. The number of aliphatic hydroxyl groups is 3. The number of aliphatic hydroxyl groups excluding tert-OH is 2. The summed E-state index contributed by atoms with van der Waals surface area (Å²) < 4.78 is 0. The van der Waals surface area contributed by atoms with Crippen LogP contribution in [0.25, 0.3) is 0 Å². The molecule has 9 heteroatoms. The minimum atomic E-state index is -2.49. The van der Waals surface area contributed by atoms with Crippen LogP contribution >= 0.6 is 0 Å². The number of phenolic OH excluding ortho intramolecular Hbond substituents is 1. The van der Waals surface area contributed by atoms with Crippen LogP contribution in [0.2, 0.25) is 0 Å². The minimum absolute atomic E-state index is 0.0580. The Hall–Kier alpha value is -2.91. The van der Waals surface area contributed by atoms with E-state index in [1.165, 1.54) is 0 Å². The molecule has 3 aliphatic rings. The fraction of sp³-hybridized carbons (Fsp3) is 0.522. The van der Waals surface area contributed by atoms with Gasteiger partial charge in [-0.15, -0.1) is 0 Å². The van der Waals surface area contributed by atoms with Crippen LogP contribution in [0.4, 0.5) is 5.69 Å². The Kier molecular flexibility index (Phi) is 5.09. The van der Waals surface area contributed by atoms with Crippen molar-refractivity contribution in [3.8, 4) is 5.75 Å². The van der Waals surface area contributed by atoms with Gasteiger partial charge >= 0.3 is 0 Å². The summed E-state index contributed by atoms with van der Waals surface area (Å²) in [5, 5.41) is 43.5. The fourth-order valence-electron chi connectivity index (χ4n) is 5.70. The molecule has 0 radical (unpaired) electrons. The van der Waals surface area contributed by atoms with Crippen molar-refractivity contribution in [1.29, 1.82) is 0 Å². The maximum absolute atomic E-state index is 13.6. The number of rotatable bonds is 3. The number of benzene rings is 1. The Balaban J connectivity index is 1.93. The number of phenols is 1. The topological polar surface area (TPSA) is 161 Å². The fourth-order valence-corrected chi connectivity index (χ4v) is 5.70. The van der Waals surface area contributed by atoms with E-state index in [1.54, 1.807) is 0 Å². The molecule has 0 spiro atoms. The maximum Gasteiger partial charge on any atom is 0.230 e. The van der Waals surface area contributed by atoms with Crippen molar-refractivity contribution in [3.63, 3.8) is 0 Å². The largest absolute Gasteiger partial charge is 0.508 e. The number of carbonyl (C=O) groups is 3. The van der Waals surface area contributed by atoms with Crippen molar-refractivity contribution < 1.29 is 34.8 Å². The van der Waals surface area contributed by atoms with Crippen molar-refractivity contribution in [3.05, 3.63) is 34.1 Å². The molecule has 0 aromatic heterocycles. The summed E-state index contributed by atoms with van der Waals surface area (Å²) in [4.78, 5) is 40.2. The van der Waals surface area contributed by atoms with Crippen molar-refractivity contribution in [1.82, 2.24) is 0 Å². The number of anilines is 1. The van der Waals surface area contributed by atoms with Crippen LogP contribution in [0, 0.1) is 17.8 Å². The standard InChI is InChI=1S/C23H28N2O7/c1-4-9-7-13(25(2)3)12-6-10-5-11-8-14(26)17(22(24)31)21(30)23(11,32)20(29)15(10)19(28)16(12)18(9)27/h7,10-11,14,17,26-27,29,32H,4-6,8H2,1-3H3,(H2,24,31)/t10-,11+,14?,17?,23+/m1/s1. The van der Waals surface area contributed by atoms with E-state index < -0.39 is 52.7 Å². The monoisotopic (exact) mass is 444 g/mol. The second-order valence-electron chi connectivity index (χ2n) is 9.24. The first kappa shape index (κ1) is 22.3. The van der Waals surface area contributed by atoms with Gasteiger partial charge in [-0.2, -0.15) is 0 Å². The molecule has 1 fully saturated rings. The van der Waals surface area contributed by atoms with Gasteiger partial charge < -0.3 is 31.1 Å². The van der Waals surface area contributed by atoms with E-state index in [0.29, 0.717) is 24.0 Å². The Bertz CT molecular complexity index is 1080. The van der Waals surface area contributed by atoms with E-state index in [0.717, 1.165) is 5.69 Å². The third-order valence-electron chi connectivity index (χ3n) is 7.31. The molecule has 1 aromatic rings. The first-order valence-electron chi connectivity index (χ1n) is 10.7. The molecule has 1 saturated carbocycles. The lowest BCUT2D eigenvalue weighted by Crippen LogP contribution is -2.63. The SMILES string of the molecule is CCc1cc(N(C)C)c2c(c1O)C(=O)C1=C(O)[C@]3(O)C(=O)C(C(N)=O)C(O)C[C@@H]3C[C@@H]1C2. The summed E-state index contributed by atoms with van der Waals surface area (Å²) in [6.07, 6.45) is -0.560. The van der Waals surface area contributed by atoms with E-state index in [9.17, 15) is 34.8 Å². The van der Waals surface area contributed by atoms with Crippen LogP contribution in [0.5, 0.6) is 5.75 Å². The highest BCUT2D eigenvalue weighted by Gasteiger charge is 2.62. The number of hydrogen-bond donors (Lipinski definition) is 5. The van der Waals surface area contributed by atoms with Crippen LogP contribution in [0.3, 0.4) is 0 Å². The predicted molar refractivity (Wildman–Crippen MR) is 114 cm³/mol. The van der Waals surface area contributed by atoms with Gasteiger partial charge in [-0.3, -0.25) is 14.4 Å². The normalized spacial score (nSPS) is 31.7. The molecule has 32 heavy (non-hydrogen) atoms. The van der Waals surface area contributed by atoms with Crippen molar-refractivity contribution in [2.24, 2.45) is 23.5 Å². The highest BCUT2D eigenvalue weighted by molar-refractivity contribution is 6.16. The van der Waals surface area contributed by atoms with Crippen LogP contribution in [0.1, 0.15) is 41.3 Å². The zero-order chi connectivity index (χ0) is 23.7. The minimum Gasteiger partial charge on any atom is -0.508 e. The molecule has 0 aliphatic heterocycles. The number of allylic oxidation sites excluding steroid dienone is 1. The van der Waals surface area contributed by atoms with Gasteiger partial charge in [-0.05, 0) is 48.8 Å². The van der Waals surface area contributed by atoms with Gasteiger partial charge in [0.05, 0.1) is 11.7 Å². The molecule has 1 aromatic carbocycles. The van der Waals surface area contributed by atoms with Crippen molar-refractivity contribution in [2.45, 2.75) is 44.3 Å². The van der Waals surface area contributed by atoms with E-state index in [1.807, 2.05) is 32.0 Å². The quantitative estimate of drug-likeness (QED) is 0.418. The summed E-state index contributed by atoms with van der Waals surface area (Å²) >= 11 is 0. The third-order valence-corrected chi connectivity index (χ3v) is 7.31. The van der Waals surface area contributed by atoms with Crippen LogP contribution in [-0.2, 0) is 22.4 Å². The molecule has 0 heterocycles. The van der Waals surface area contributed by atoms with E-state index >= 15 is 0 Å². The van der Waals surface area contributed by atoms with Gasteiger partial charge in [-0.25, -0.2) is 0 Å². The molecular weight excluding hydrogens is 416 g/mol. The number of carbonyl (C=O) groups excluding carboxylic acids is 3. The molecule has 0 bridgehead atoms. The van der Waals surface area contributed by atoms with Gasteiger partial charge in [0, 0.05) is 31.3 Å². The van der Waals surface area contributed by atoms with Gasteiger partial charge in [0.15, 0.2) is 17.2 Å². The van der Waals surface area contributed by atoms with Crippen LogP contribution < -0.4 is 10.6 Å². The number of fused-ring (bicyclic) bond motifs is 3. The second kappa shape index (κ2) is 7.31. The summed E-state index contributed by atoms with van der Waals surface area (Å²) in [6.45, 7) is 1.84. The summed E-state index contributed by atoms with van der Waals surface area (Å²) in [6, 6.07) is 1.83. The molecular formula is C23H28N2O7. The number of nitrogens with two attached hydrogens (primary N) is 1. The number of amides is 1. The van der Waals surface area contributed by atoms with E-state index in [2.05, 4.69) is 0 Å². The van der Waals surface area contributed by atoms with Gasteiger partial charge in [-0.1, -0.05) is 6.92 Å². The Labute approximate surface area is 185 Å². The molecule has 6 N–H and O–H groups in total. The van der Waals surface area contributed by atoms with Crippen molar-refractivity contribution in [2.75, 3.05) is 19.0 Å². The summed E-state index contributed by atoms with van der Waals surface area (Å²) in [5.74, 6) is -6.90. The average molecular weight is 444 g/mol.